The Kier molecular flexibility index (Phi) is 6.21. The number of benzene rings is 1. The van der Waals surface area contributed by atoms with E-state index in [1.54, 1.807) is 23.0 Å². The Bertz CT molecular complexity index is 1080. The van der Waals surface area contributed by atoms with Gasteiger partial charge in [-0.3, -0.25) is 4.98 Å². The van der Waals surface area contributed by atoms with Crippen LogP contribution in [0.3, 0.4) is 0 Å². The molecule has 168 valence electrons. The van der Waals surface area contributed by atoms with Gasteiger partial charge in [-0.05, 0) is 68.8 Å². The highest BCUT2D eigenvalue weighted by molar-refractivity contribution is 7.80. The lowest BCUT2D eigenvalue weighted by Gasteiger charge is -2.30. The summed E-state index contributed by atoms with van der Waals surface area (Å²) in [5.41, 5.74) is 1.43. The zero-order valence-corrected chi connectivity index (χ0v) is 18.6. The van der Waals surface area contributed by atoms with E-state index in [-0.39, 0.29) is 12.1 Å². The number of hydrogen-bond donors (Lipinski definition) is 1. The summed E-state index contributed by atoms with van der Waals surface area (Å²) in [6.07, 6.45) is -0.898. The summed E-state index contributed by atoms with van der Waals surface area (Å²) in [6.45, 7) is 1.44. The van der Waals surface area contributed by atoms with E-state index < -0.39 is 11.7 Å². The maximum atomic E-state index is 13.3. The third kappa shape index (κ3) is 4.49. The third-order valence-corrected chi connectivity index (χ3v) is 5.87. The normalized spacial score (nSPS) is 18.9. The van der Waals surface area contributed by atoms with Crippen LogP contribution in [0.25, 0.3) is 5.69 Å². The molecule has 3 heterocycles. The van der Waals surface area contributed by atoms with E-state index in [0.29, 0.717) is 17.3 Å². The minimum Gasteiger partial charge on any atom is -0.352 e. The van der Waals surface area contributed by atoms with Crippen LogP contribution < -0.4 is 5.32 Å². The minimum absolute atomic E-state index is 0.231. The van der Waals surface area contributed by atoms with Crippen molar-refractivity contribution in [3.8, 4) is 5.69 Å². The van der Waals surface area contributed by atoms with Crippen LogP contribution in [0.15, 0.2) is 67.0 Å². The summed E-state index contributed by atoms with van der Waals surface area (Å²) < 4.78 is 41.8. The van der Waals surface area contributed by atoms with Crippen LogP contribution in [0.1, 0.15) is 29.0 Å². The minimum atomic E-state index is -4.41. The van der Waals surface area contributed by atoms with E-state index in [1.807, 2.05) is 44.4 Å². The molecule has 2 atom stereocenters. The number of alkyl halides is 3. The van der Waals surface area contributed by atoms with Gasteiger partial charge in [0.15, 0.2) is 5.11 Å². The molecule has 1 N–H and O–H groups in total. The molecular weight excluding hydrogens is 435 g/mol. The Morgan fingerprint density at radius 2 is 1.91 bits per heavy atom. The van der Waals surface area contributed by atoms with Crippen molar-refractivity contribution in [2.75, 3.05) is 27.2 Å². The number of pyridine rings is 1. The number of aromatic nitrogens is 2. The second-order valence-electron chi connectivity index (χ2n) is 7.97. The van der Waals surface area contributed by atoms with Crippen LogP contribution in [0, 0.1) is 0 Å². The molecule has 32 heavy (non-hydrogen) atoms. The van der Waals surface area contributed by atoms with Gasteiger partial charge in [0.2, 0.25) is 0 Å². The molecule has 2 aromatic heterocycles. The number of thiocarbonyl (C=S) groups is 1. The van der Waals surface area contributed by atoms with Crippen molar-refractivity contribution >= 4 is 17.3 Å². The molecule has 3 aromatic rings. The van der Waals surface area contributed by atoms with Gasteiger partial charge in [-0.1, -0.05) is 12.1 Å². The summed E-state index contributed by atoms with van der Waals surface area (Å²) in [4.78, 5) is 8.68. The highest BCUT2D eigenvalue weighted by Gasteiger charge is 2.41. The Morgan fingerprint density at radius 3 is 2.59 bits per heavy atom. The lowest BCUT2D eigenvalue weighted by Crippen LogP contribution is -2.36. The smallest absolute Gasteiger partial charge is 0.352 e. The summed E-state index contributed by atoms with van der Waals surface area (Å²) in [6, 6.07) is 14.4. The van der Waals surface area contributed by atoms with Crippen molar-refractivity contribution in [2.45, 2.75) is 18.3 Å². The Balaban J connectivity index is 1.78. The molecule has 0 spiro atoms. The SMILES string of the molecule is CN(C)CCN1C(=S)N[C@@H](c2ccccn2)[C@H]1c1cccn1-c1cccc(C(F)(F)F)c1. The molecule has 1 aromatic carbocycles. The van der Waals surface area contributed by atoms with Crippen LogP contribution in [0.4, 0.5) is 13.2 Å². The highest BCUT2D eigenvalue weighted by Crippen LogP contribution is 2.40. The fraction of sp³-hybridized carbons (Fsp3) is 0.304. The van der Waals surface area contributed by atoms with Crippen molar-refractivity contribution < 1.29 is 13.2 Å². The number of likely N-dealkylation sites (N-methyl/N-ethyl adjacent to an activating group) is 1. The predicted octanol–water partition coefficient (Wildman–Crippen LogP) is 4.43. The first-order valence-corrected chi connectivity index (χ1v) is 10.6. The van der Waals surface area contributed by atoms with Crippen molar-refractivity contribution in [1.29, 1.82) is 0 Å². The fourth-order valence-electron chi connectivity index (χ4n) is 3.98. The van der Waals surface area contributed by atoms with Crippen LogP contribution in [-0.4, -0.2) is 51.6 Å². The molecule has 0 radical (unpaired) electrons. The van der Waals surface area contributed by atoms with Crippen molar-refractivity contribution in [3.63, 3.8) is 0 Å². The second-order valence-corrected chi connectivity index (χ2v) is 8.36. The lowest BCUT2D eigenvalue weighted by molar-refractivity contribution is -0.137. The first kappa shape index (κ1) is 22.3. The van der Waals surface area contributed by atoms with Gasteiger partial charge in [0.25, 0.3) is 0 Å². The van der Waals surface area contributed by atoms with Crippen molar-refractivity contribution in [3.05, 3.63) is 83.9 Å². The number of rotatable bonds is 6. The largest absolute Gasteiger partial charge is 0.416 e. The quantitative estimate of drug-likeness (QED) is 0.552. The van der Waals surface area contributed by atoms with Crippen molar-refractivity contribution in [1.82, 2.24) is 24.7 Å². The average molecular weight is 460 g/mol. The highest BCUT2D eigenvalue weighted by atomic mass is 32.1. The molecule has 9 heteroatoms. The zero-order chi connectivity index (χ0) is 22.9. The zero-order valence-electron chi connectivity index (χ0n) is 17.8. The lowest BCUT2D eigenvalue weighted by atomic mass is 10.0. The van der Waals surface area contributed by atoms with Gasteiger partial charge < -0.3 is 19.7 Å². The van der Waals surface area contributed by atoms with Gasteiger partial charge >= 0.3 is 6.18 Å². The Morgan fingerprint density at radius 1 is 1.09 bits per heavy atom. The van der Waals surface area contributed by atoms with E-state index in [2.05, 4.69) is 20.1 Å². The number of halogens is 3. The van der Waals surface area contributed by atoms with E-state index in [1.165, 1.54) is 12.1 Å². The van der Waals surface area contributed by atoms with Crippen LogP contribution >= 0.6 is 12.2 Å². The molecule has 0 aliphatic carbocycles. The van der Waals surface area contributed by atoms with Gasteiger partial charge in [0, 0.05) is 36.9 Å². The van der Waals surface area contributed by atoms with Gasteiger partial charge in [-0.25, -0.2) is 0 Å². The van der Waals surface area contributed by atoms with Gasteiger partial charge in [-0.2, -0.15) is 13.2 Å². The number of nitrogens with one attached hydrogen (secondary N) is 1. The van der Waals surface area contributed by atoms with Gasteiger partial charge in [0.05, 0.1) is 23.3 Å². The van der Waals surface area contributed by atoms with E-state index in [4.69, 9.17) is 12.2 Å². The van der Waals surface area contributed by atoms with E-state index >= 15 is 0 Å². The summed E-state index contributed by atoms with van der Waals surface area (Å²) >= 11 is 5.66. The van der Waals surface area contributed by atoms with Crippen LogP contribution in [0.5, 0.6) is 0 Å². The van der Waals surface area contributed by atoms with Crippen molar-refractivity contribution in [2.24, 2.45) is 0 Å². The van der Waals surface area contributed by atoms with Crippen LogP contribution in [0.2, 0.25) is 0 Å². The third-order valence-electron chi connectivity index (χ3n) is 5.52. The Labute approximate surface area is 190 Å². The summed E-state index contributed by atoms with van der Waals surface area (Å²) in [7, 11) is 3.98. The molecule has 0 unspecified atom stereocenters. The maximum absolute atomic E-state index is 13.3. The molecule has 0 amide bonds. The monoisotopic (exact) mass is 459 g/mol. The van der Waals surface area contributed by atoms with Crippen LogP contribution in [-0.2, 0) is 6.18 Å². The summed E-state index contributed by atoms with van der Waals surface area (Å²) in [5.74, 6) is 0. The molecule has 1 aliphatic rings. The standard InChI is InChI=1S/C23H24F3N5S/c1-29(2)13-14-31-21(20(28-22(31)32)18-9-3-4-11-27-18)19-10-6-12-30(19)17-8-5-7-16(15-17)23(24,25)26/h3-12,15,20-21H,13-14H2,1-2H3,(H,28,32)/t20-,21+/m0/s1. The van der Waals surface area contributed by atoms with E-state index in [9.17, 15) is 13.2 Å². The van der Waals surface area contributed by atoms with Gasteiger partial charge in [-0.15, -0.1) is 0 Å². The molecule has 1 saturated heterocycles. The number of nitrogens with zero attached hydrogens (tertiary/aromatic N) is 4. The fourth-order valence-corrected chi connectivity index (χ4v) is 4.31. The second kappa shape index (κ2) is 8.91. The molecular formula is C23H24F3N5S. The Hall–Kier alpha value is -2.91. The average Bonchev–Trinajstić information content (AvgIpc) is 3.36. The molecule has 0 bridgehead atoms. The molecule has 4 rings (SSSR count). The topological polar surface area (TPSA) is 36.3 Å². The molecule has 0 saturated carbocycles. The first-order chi connectivity index (χ1) is 15.3. The maximum Gasteiger partial charge on any atom is 0.416 e. The summed E-state index contributed by atoms with van der Waals surface area (Å²) in [5, 5.41) is 3.98. The van der Waals surface area contributed by atoms with E-state index in [0.717, 1.165) is 24.0 Å². The number of hydrogen-bond acceptors (Lipinski definition) is 3. The molecule has 1 fully saturated rings. The van der Waals surface area contributed by atoms with Gasteiger partial charge in [0.1, 0.15) is 0 Å². The first-order valence-electron chi connectivity index (χ1n) is 10.2. The predicted molar refractivity (Wildman–Crippen MR) is 121 cm³/mol. The molecule has 5 nitrogen and oxygen atoms in total. The molecule has 1 aliphatic heterocycles.